The van der Waals surface area contributed by atoms with Crippen LogP contribution in [0.5, 0.6) is 0 Å². The summed E-state index contributed by atoms with van der Waals surface area (Å²) in [7, 11) is 1.52. The normalized spacial score (nSPS) is 12.2. The third kappa shape index (κ3) is 5.59. The molecule has 3 N–H and O–H groups in total. The van der Waals surface area contributed by atoms with Crippen LogP contribution in [0.15, 0.2) is 28.7 Å². The fraction of sp³-hybridized carbons (Fsp3) is 0.417. The number of halogens is 1. The van der Waals surface area contributed by atoms with E-state index in [1.807, 2.05) is 24.3 Å². The van der Waals surface area contributed by atoms with Gasteiger partial charge in [-0.15, -0.1) is 0 Å². The highest BCUT2D eigenvalue weighted by molar-refractivity contribution is 9.10. The molecular weight excluding hydrogens is 300 g/mol. The van der Waals surface area contributed by atoms with E-state index in [-0.39, 0.29) is 19.1 Å². The molecule has 0 aliphatic heterocycles. The minimum Gasteiger partial charge on any atom is -0.389 e. The largest absolute Gasteiger partial charge is 0.389 e. The highest BCUT2D eigenvalue weighted by atomic mass is 79.9. The lowest BCUT2D eigenvalue weighted by Crippen LogP contribution is -2.35. The van der Waals surface area contributed by atoms with Crippen LogP contribution in [0.3, 0.4) is 0 Å². The summed E-state index contributed by atoms with van der Waals surface area (Å²) in [6, 6.07) is 7.38. The molecule has 0 saturated heterocycles. The van der Waals surface area contributed by atoms with Gasteiger partial charge in [-0.3, -0.25) is 4.79 Å². The molecule has 1 amide bonds. The van der Waals surface area contributed by atoms with E-state index >= 15 is 0 Å². The number of aliphatic hydroxyl groups excluding tert-OH is 1. The smallest absolute Gasteiger partial charge is 0.238 e. The third-order valence-corrected chi connectivity index (χ3v) is 2.86. The fourth-order valence-corrected chi connectivity index (χ4v) is 1.74. The molecule has 1 unspecified atom stereocenters. The molecule has 5 nitrogen and oxygen atoms in total. The number of carbonyl (C=O) groups is 1. The van der Waals surface area contributed by atoms with Crippen molar-refractivity contribution >= 4 is 27.5 Å². The summed E-state index contributed by atoms with van der Waals surface area (Å²) in [5.74, 6) is -0.161. The van der Waals surface area contributed by atoms with Gasteiger partial charge in [0.2, 0.25) is 5.91 Å². The van der Waals surface area contributed by atoms with Gasteiger partial charge in [0.05, 0.1) is 24.9 Å². The van der Waals surface area contributed by atoms with Gasteiger partial charge >= 0.3 is 0 Å². The van der Waals surface area contributed by atoms with Gasteiger partial charge in [0, 0.05) is 18.1 Å². The molecule has 1 aromatic rings. The first-order valence-electron chi connectivity index (χ1n) is 5.55. The molecule has 0 aliphatic carbocycles. The van der Waals surface area contributed by atoms with E-state index in [0.29, 0.717) is 6.54 Å². The zero-order valence-corrected chi connectivity index (χ0v) is 11.7. The van der Waals surface area contributed by atoms with Crippen LogP contribution in [0.4, 0.5) is 5.69 Å². The third-order valence-electron chi connectivity index (χ3n) is 2.17. The topological polar surface area (TPSA) is 70.6 Å². The number of anilines is 1. The summed E-state index contributed by atoms with van der Waals surface area (Å²) in [6.07, 6.45) is -0.605. The zero-order valence-electron chi connectivity index (χ0n) is 10.1. The van der Waals surface area contributed by atoms with Gasteiger partial charge in [0.15, 0.2) is 0 Å². The van der Waals surface area contributed by atoms with Gasteiger partial charge in [-0.05, 0) is 28.1 Å². The number of hydrogen-bond acceptors (Lipinski definition) is 4. The Morgan fingerprint density at radius 1 is 1.50 bits per heavy atom. The summed E-state index contributed by atoms with van der Waals surface area (Å²) in [6.45, 7) is 0.707. The predicted octanol–water partition coefficient (Wildman–Crippen LogP) is 0.984. The minimum absolute atomic E-state index is 0.141. The molecule has 100 valence electrons. The molecule has 0 saturated carbocycles. The van der Waals surface area contributed by atoms with Crippen LogP contribution >= 0.6 is 15.9 Å². The highest BCUT2D eigenvalue weighted by Crippen LogP contribution is 2.20. The SMILES string of the molecule is COCC(O)CNCC(=O)Nc1ccccc1Br. The van der Waals surface area contributed by atoms with Gasteiger partial charge < -0.3 is 20.5 Å². The zero-order chi connectivity index (χ0) is 13.4. The average molecular weight is 317 g/mol. The molecule has 0 radical (unpaired) electrons. The number of amides is 1. The number of hydrogen-bond donors (Lipinski definition) is 3. The Hall–Kier alpha value is -0.950. The molecule has 0 heterocycles. The Labute approximate surface area is 115 Å². The van der Waals surface area contributed by atoms with Crippen LogP contribution in [-0.2, 0) is 9.53 Å². The minimum atomic E-state index is -0.605. The van der Waals surface area contributed by atoms with Crippen molar-refractivity contribution in [2.24, 2.45) is 0 Å². The van der Waals surface area contributed by atoms with Crippen molar-refractivity contribution in [1.82, 2.24) is 5.32 Å². The van der Waals surface area contributed by atoms with Gasteiger partial charge in [-0.2, -0.15) is 0 Å². The Balaban J connectivity index is 2.28. The molecule has 0 bridgehead atoms. The van der Waals surface area contributed by atoms with Gasteiger partial charge in [0.1, 0.15) is 0 Å². The van der Waals surface area contributed by atoms with Crippen LogP contribution in [0.2, 0.25) is 0 Å². The van der Waals surface area contributed by atoms with E-state index in [4.69, 9.17) is 4.74 Å². The van der Waals surface area contributed by atoms with Gasteiger partial charge in [-0.1, -0.05) is 12.1 Å². The second kappa shape index (κ2) is 8.20. The van der Waals surface area contributed by atoms with E-state index in [1.165, 1.54) is 7.11 Å². The number of ether oxygens (including phenoxy) is 1. The predicted molar refractivity (Wildman–Crippen MR) is 73.5 cm³/mol. The average Bonchev–Trinajstić information content (AvgIpc) is 2.32. The molecular formula is C12H17BrN2O3. The maximum absolute atomic E-state index is 11.6. The van der Waals surface area contributed by atoms with Crippen LogP contribution in [0.25, 0.3) is 0 Å². The van der Waals surface area contributed by atoms with Gasteiger partial charge in [0.25, 0.3) is 0 Å². The van der Waals surface area contributed by atoms with Crippen molar-refractivity contribution in [3.05, 3.63) is 28.7 Å². The highest BCUT2D eigenvalue weighted by Gasteiger charge is 2.06. The molecule has 6 heteroatoms. The van der Waals surface area contributed by atoms with Gasteiger partial charge in [-0.25, -0.2) is 0 Å². The van der Waals surface area contributed by atoms with Crippen LogP contribution in [0, 0.1) is 0 Å². The maximum Gasteiger partial charge on any atom is 0.238 e. The molecule has 0 fully saturated rings. The number of methoxy groups -OCH3 is 1. The standard InChI is InChI=1S/C12H17BrN2O3/c1-18-8-9(16)6-14-7-12(17)15-11-5-3-2-4-10(11)13/h2-5,9,14,16H,6-8H2,1H3,(H,15,17). The lowest BCUT2D eigenvalue weighted by Gasteiger charge is -2.11. The second-order valence-corrected chi connectivity index (χ2v) is 4.62. The Morgan fingerprint density at radius 3 is 2.89 bits per heavy atom. The van der Waals surface area contributed by atoms with E-state index in [1.54, 1.807) is 0 Å². The Morgan fingerprint density at radius 2 is 2.22 bits per heavy atom. The number of nitrogens with one attached hydrogen (secondary N) is 2. The molecule has 0 aliphatic rings. The second-order valence-electron chi connectivity index (χ2n) is 3.77. The lowest BCUT2D eigenvalue weighted by atomic mass is 10.3. The van der Waals surface area contributed by atoms with Crippen LogP contribution in [0.1, 0.15) is 0 Å². The van der Waals surface area contributed by atoms with Crippen molar-refractivity contribution in [1.29, 1.82) is 0 Å². The first-order chi connectivity index (χ1) is 8.63. The molecule has 0 aromatic heterocycles. The van der Waals surface area contributed by atoms with Crippen LogP contribution in [-0.4, -0.2) is 43.9 Å². The molecule has 1 aromatic carbocycles. The number of carbonyl (C=O) groups excluding carboxylic acids is 1. The summed E-state index contributed by atoms with van der Waals surface area (Å²) in [5, 5.41) is 15.0. The van der Waals surface area contributed by atoms with Crippen molar-refractivity contribution in [3.63, 3.8) is 0 Å². The number of aliphatic hydroxyl groups is 1. The molecule has 1 rings (SSSR count). The van der Waals surface area contributed by atoms with E-state index in [2.05, 4.69) is 26.6 Å². The fourth-order valence-electron chi connectivity index (χ4n) is 1.36. The Kier molecular flexibility index (Phi) is 6.89. The summed E-state index contributed by atoms with van der Waals surface area (Å²) >= 11 is 3.35. The first kappa shape index (κ1) is 15.1. The number of rotatable bonds is 7. The summed E-state index contributed by atoms with van der Waals surface area (Å²) < 4.78 is 5.61. The number of para-hydroxylation sites is 1. The van der Waals surface area contributed by atoms with Crippen molar-refractivity contribution in [2.45, 2.75) is 6.10 Å². The number of benzene rings is 1. The molecule has 1 atom stereocenters. The maximum atomic E-state index is 11.6. The summed E-state index contributed by atoms with van der Waals surface area (Å²) in [4.78, 5) is 11.6. The monoisotopic (exact) mass is 316 g/mol. The lowest BCUT2D eigenvalue weighted by molar-refractivity contribution is -0.115. The molecule has 0 spiro atoms. The van der Waals surface area contributed by atoms with E-state index < -0.39 is 6.10 Å². The van der Waals surface area contributed by atoms with E-state index in [0.717, 1.165) is 10.2 Å². The molecule has 18 heavy (non-hydrogen) atoms. The quantitative estimate of drug-likeness (QED) is 0.701. The van der Waals surface area contributed by atoms with Crippen LogP contribution < -0.4 is 10.6 Å². The van der Waals surface area contributed by atoms with E-state index in [9.17, 15) is 9.90 Å². The van der Waals surface area contributed by atoms with Crippen molar-refractivity contribution in [3.8, 4) is 0 Å². The first-order valence-corrected chi connectivity index (χ1v) is 6.35. The van der Waals surface area contributed by atoms with Crippen molar-refractivity contribution in [2.75, 3.05) is 32.1 Å². The Bertz CT molecular complexity index is 387. The van der Waals surface area contributed by atoms with Crippen molar-refractivity contribution < 1.29 is 14.6 Å². The summed E-state index contributed by atoms with van der Waals surface area (Å²) in [5.41, 5.74) is 0.724.